The monoisotopic (exact) mass is 853 g/mol. The Labute approximate surface area is 329 Å². The molecular weight excluding hydrogens is 798 g/mol. The number of hydrogen-bond donors (Lipinski definition) is 16. The van der Waals surface area contributed by atoms with Gasteiger partial charge in [-0.15, -0.1) is 0 Å². The lowest BCUT2D eigenvalue weighted by Gasteiger charge is -2.50. The molecule has 26 heteroatoms. The molecule has 1 amide bonds. The molecule has 16 N–H and O–H groups in total. The van der Waals surface area contributed by atoms with Crippen LogP contribution in [0.15, 0.2) is 0 Å². The van der Waals surface area contributed by atoms with Gasteiger partial charge < -0.3 is 125 Å². The highest BCUT2D eigenvalue weighted by Crippen LogP contribution is 2.36. The molecule has 0 aromatic heterocycles. The summed E-state index contributed by atoms with van der Waals surface area (Å²) in [6, 6.07) is -1.72. The van der Waals surface area contributed by atoms with Crippen LogP contribution in [0.1, 0.15) is 13.8 Å². The Morgan fingerprint density at radius 1 is 0.448 bits per heavy atom. The van der Waals surface area contributed by atoms with Gasteiger partial charge in [-0.2, -0.15) is 0 Å². The number of aliphatic hydroxyl groups excluding tert-OH is 15. The van der Waals surface area contributed by atoms with Gasteiger partial charge >= 0.3 is 0 Å². The van der Waals surface area contributed by atoms with Crippen LogP contribution in [0.5, 0.6) is 0 Å². The molecule has 0 unspecified atom stereocenters. The number of carbonyl (C=O) groups excluding carboxylic acids is 1. The van der Waals surface area contributed by atoms with Crippen LogP contribution in [-0.4, -0.2) is 262 Å². The second-order valence-electron chi connectivity index (χ2n) is 14.7. The number of amides is 1. The lowest BCUT2D eigenvalue weighted by molar-refractivity contribution is -0.390. The molecule has 338 valence electrons. The maximum atomic E-state index is 12.6. The summed E-state index contributed by atoms with van der Waals surface area (Å²) in [4.78, 5) is 12.6. The van der Waals surface area contributed by atoms with Crippen LogP contribution in [0.3, 0.4) is 0 Å². The van der Waals surface area contributed by atoms with Gasteiger partial charge in [-0.05, 0) is 6.92 Å². The minimum atomic E-state index is -2.10. The molecule has 5 fully saturated rings. The van der Waals surface area contributed by atoms with Crippen molar-refractivity contribution >= 4 is 5.91 Å². The zero-order valence-corrected chi connectivity index (χ0v) is 31.1. The first-order valence-electron chi connectivity index (χ1n) is 18.5. The molecule has 5 aliphatic rings. The maximum absolute atomic E-state index is 12.6. The second kappa shape index (κ2) is 20.1. The maximum Gasteiger partial charge on any atom is 0.217 e. The average molecular weight is 854 g/mol. The van der Waals surface area contributed by atoms with Crippen molar-refractivity contribution in [2.24, 2.45) is 0 Å². The van der Waals surface area contributed by atoms with E-state index in [9.17, 15) is 81.4 Å². The standard InChI is InChI=1S/C32H55NO25/c1-7-14(39)18(43)22(47)30(50-7)58-27-19(44)15(40)9(3-34)54-32(27)56-25-13(33-8(2)38)29(52-10(4-35)16(25)41)57-26-17(42)11(5-36)53-31(23(26)48)55-24-12(6-37)51-28(49)21(46)20(24)45/h7,9-32,34-37,39-49H,3-6H2,1-2H3,(H,33,38)/t7-,9-,10-,11-,12-,13-,14+,15+,16-,17+,18+,19+,20-,21-,22-,23-,24-,25-,26+,27-,28+,29+,30-,31+,32+/m1/s1. The third-order valence-electron chi connectivity index (χ3n) is 10.7. The van der Waals surface area contributed by atoms with Crippen molar-refractivity contribution in [3.05, 3.63) is 0 Å². The molecule has 0 aromatic rings. The molecule has 0 radical (unpaired) electrons. The lowest BCUT2D eigenvalue weighted by atomic mass is 9.94. The van der Waals surface area contributed by atoms with Crippen molar-refractivity contribution in [3.8, 4) is 0 Å². The summed E-state index contributed by atoms with van der Waals surface area (Å²) in [5.41, 5.74) is 0. The number of nitrogens with one attached hydrogen (secondary N) is 1. The third kappa shape index (κ3) is 9.75. The minimum Gasteiger partial charge on any atom is -0.394 e. The Balaban J connectivity index is 1.44. The van der Waals surface area contributed by atoms with Crippen LogP contribution < -0.4 is 5.32 Å². The topological polar surface area (TPSA) is 416 Å². The summed E-state index contributed by atoms with van der Waals surface area (Å²) in [6.07, 6.45) is -43.4. The number of rotatable bonds is 13. The van der Waals surface area contributed by atoms with Gasteiger partial charge in [-0.1, -0.05) is 0 Å². The van der Waals surface area contributed by atoms with Gasteiger partial charge in [0.1, 0.15) is 116 Å². The zero-order valence-electron chi connectivity index (χ0n) is 31.1. The van der Waals surface area contributed by atoms with Crippen LogP contribution in [0, 0.1) is 0 Å². The van der Waals surface area contributed by atoms with Crippen LogP contribution >= 0.6 is 0 Å². The SMILES string of the molecule is CC(=O)N[C@H]1[C@H](O[C@H]2[C@@H](O)[C@@H](CO)O[C@@H](O[C@H]3[C@H](O)[C@@H](O)[C@@H](O)O[C@@H]3CO)[C@@H]2O)O[C@H](CO)[C@@H](O)[C@@H]1O[C@@H]1O[C@H](CO)[C@H](O)[C@H](O)[C@H]1O[C@H]1O[C@H](C)[C@H](O)[C@H](O)[C@H]1O. The molecule has 5 rings (SSSR count). The predicted octanol–water partition coefficient (Wildman–Crippen LogP) is -10.8. The fourth-order valence-corrected chi connectivity index (χ4v) is 7.35. The minimum absolute atomic E-state index is 0.823. The molecular formula is C32H55NO25. The van der Waals surface area contributed by atoms with Crippen molar-refractivity contribution in [1.29, 1.82) is 0 Å². The fraction of sp³-hybridized carbons (Fsp3) is 0.969. The van der Waals surface area contributed by atoms with Gasteiger partial charge in [0.2, 0.25) is 5.91 Å². The summed E-state index contributed by atoms with van der Waals surface area (Å²) in [7, 11) is 0. The molecule has 25 atom stereocenters. The lowest BCUT2D eigenvalue weighted by Crippen LogP contribution is -2.70. The molecule has 0 aromatic carbocycles. The van der Waals surface area contributed by atoms with E-state index < -0.39 is 186 Å². The van der Waals surface area contributed by atoms with E-state index in [2.05, 4.69) is 5.32 Å². The van der Waals surface area contributed by atoms with Crippen LogP contribution in [0.2, 0.25) is 0 Å². The molecule has 5 saturated heterocycles. The highest BCUT2D eigenvalue weighted by molar-refractivity contribution is 5.73. The van der Waals surface area contributed by atoms with Gasteiger partial charge in [0.05, 0.1) is 32.5 Å². The summed E-state index contributed by atoms with van der Waals surface area (Å²) < 4.78 is 50.8. The first-order chi connectivity index (χ1) is 27.4. The molecule has 5 aliphatic heterocycles. The largest absolute Gasteiger partial charge is 0.394 e. The van der Waals surface area contributed by atoms with Gasteiger partial charge in [0.25, 0.3) is 0 Å². The third-order valence-corrected chi connectivity index (χ3v) is 10.7. The van der Waals surface area contributed by atoms with E-state index in [-0.39, 0.29) is 0 Å². The van der Waals surface area contributed by atoms with E-state index in [0.29, 0.717) is 0 Å². The van der Waals surface area contributed by atoms with Gasteiger partial charge in [-0.25, -0.2) is 0 Å². The summed E-state index contributed by atoms with van der Waals surface area (Å²) in [6.45, 7) is -1.34. The zero-order chi connectivity index (χ0) is 42.9. The number of carbonyl (C=O) groups is 1. The van der Waals surface area contributed by atoms with E-state index in [1.807, 2.05) is 0 Å². The highest BCUT2D eigenvalue weighted by atomic mass is 16.8. The number of ether oxygens (including phenoxy) is 9. The second-order valence-corrected chi connectivity index (χ2v) is 14.7. The average Bonchev–Trinajstić information content (AvgIpc) is 3.19. The van der Waals surface area contributed by atoms with Crippen LogP contribution in [0.4, 0.5) is 0 Å². The fourth-order valence-electron chi connectivity index (χ4n) is 7.35. The van der Waals surface area contributed by atoms with Crippen molar-refractivity contribution < 1.29 is 124 Å². The summed E-state index contributed by atoms with van der Waals surface area (Å²) in [5, 5.41) is 160. The van der Waals surface area contributed by atoms with E-state index in [1.165, 1.54) is 6.92 Å². The van der Waals surface area contributed by atoms with Crippen molar-refractivity contribution in [2.75, 3.05) is 26.4 Å². The molecule has 5 heterocycles. The van der Waals surface area contributed by atoms with Gasteiger partial charge in [0.15, 0.2) is 31.5 Å². The van der Waals surface area contributed by atoms with Crippen LogP contribution in [-0.2, 0) is 47.4 Å². The van der Waals surface area contributed by atoms with Gasteiger partial charge in [-0.3, -0.25) is 4.79 Å². The number of hydrogen-bond acceptors (Lipinski definition) is 25. The van der Waals surface area contributed by atoms with E-state index in [0.717, 1.165) is 6.92 Å². The van der Waals surface area contributed by atoms with Crippen LogP contribution in [0.25, 0.3) is 0 Å². The van der Waals surface area contributed by atoms with E-state index in [1.54, 1.807) is 0 Å². The Morgan fingerprint density at radius 3 is 1.50 bits per heavy atom. The smallest absolute Gasteiger partial charge is 0.217 e. The molecule has 26 nitrogen and oxygen atoms in total. The quantitative estimate of drug-likeness (QED) is 0.0818. The first kappa shape index (κ1) is 47.6. The molecule has 58 heavy (non-hydrogen) atoms. The first-order valence-corrected chi connectivity index (χ1v) is 18.5. The Bertz CT molecular complexity index is 1310. The molecule has 0 bridgehead atoms. The van der Waals surface area contributed by atoms with Crippen molar-refractivity contribution in [1.82, 2.24) is 5.32 Å². The molecule has 0 aliphatic carbocycles. The molecule has 0 spiro atoms. The Hall–Kier alpha value is -1.49. The summed E-state index contributed by atoms with van der Waals surface area (Å²) in [5.74, 6) is -0.823. The highest BCUT2D eigenvalue weighted by Gasteiger charge is 2.57. The summed E-state index contributed by atoms with van der Waals surface area (Å²) >= 11 is 0. The van der Waals surface area contributed by atoms with E-state index >= 15 is 0 Å². The molecule has 0 saturated carbocycles. The Morgan fingerprint density at radius 2 is 0.914 bits per heavy atom. The normalized spacial score (nSPS) is 51.6. The van der Waals surface area contributed by atoms with E-state index in [4.69, 9.17) is 42.6 Å². The number of aliphatic hydroxyl groups is 15. The predicted molar refractivity (Wildman–Crippen MR) is 177 cm³/mol. The van der Waals surface area contributed by atoms with Gasteiger partial charge in [0, 0.05) is 6.92 Å². The van der Waals surface area contributed by atoms with Crippen molar-refractivity contribution in [3.63, 3.8) is 0 Å². The Kier molecular flexibility index (Phi) is 16.5. The van der Waals surface area contributed by atoms with Crippen molar-refractivity contribution in [2.45, 2.75) is 167 Å².